The fourth-order valence-electron chi connectivity index (χ4n) is 0.943. The Bertz CT molecular complexity index is 297. The van der Waals surface area contributed by atoms with Gasteiger partial charge in [0.1, 0.15) is 0 Å². The van der Waals surface area contributed by atoms with E-state index in [9.17, 15) is 0 Å². The number of benzene rings is 1. The highest BCUT2D eigenvalue weighted by Crippen LogP contribution is 2.39. The van der Waals surface area contributed by atoms with Gasteiger partial charge in [-0.2, -0.15) is 0 Å². The van der Waals surface area contributed by atoms with E-state index in [1.807, 2.05) is 0 Å². The second-order valence-electron chi connectivity index (χ2n) is 2.32. The highest BCUT2D eigenvalue weighted by molar-refractivity contribution is 6.41. The number of hydrogen-bond acceptors (Lipinski definition) is 2. The molecular weight excluding hydrogens is 234 g/mol. The molecule has 0 aliphatic carbocycles. The maximum Gasteiger partial charge on any atom is 0.156 e. The quantitative estimate of drug-likeness (QED) is 0.862. The molecule has 0 aliphatic rings. The third-order valence-corrected chi connectivity index (χ3v) is 2.60. The second kappa shape index (κ2) is 4.38. The summed E-state index contributed by atoms with van der Waals surface area (Å²) in [7, 11) is 1.45. The Morgan fingerprint density at radius 1 is 1.31 bits per heavy atom. The van der Waals surface area contributed by atoms with Gasteiger partial charge in [-0.3, -0.25) is 0 Å². The van der Waals surface area contributed by atoms with E-state index in [4.69, 9.17) is 44.6 Å². The van der Waals surface area contributed by atoms with E-state index < -0.39 is 0 Å². The van der Waals surface area contributed by atoms with E-state index in [2.05, 4.69) is 0 Å². The van der Waals surface area contributed by atoms with Gasteiger partial charge in [-0.05, 0) is 6.07 Å². The van der Waals surface area contributed by atoms with Gasteiger partial charge in [0.05, 0.1) is 23.8 Å². The first-order valence-electron chi connectivity index (χ1n) is 3.43. The van der Waals surface area contributed by atoms with Crippen LogP contribution in [0.5, 0.6) is 5.75 Å². The fourth-order valence-corrected chi connectivity index (χ4v) is 1.98. The lowest BCUT2D eigenvalue weighted by Gasteiger charge is -2.10. The van der Waals surface area contributed by atoms with Gasteiger partial charge in [-0.1, -0.05) is 34.8 Å². The van der Waals surface area contributed by atoms with E-state index in [0.717, 1.165) is 0 Å². The largest absolute Gasteiger partial charge is 0.494 e. The van der Waals surface area contributed by atoms with E-state index in [1.165, 1.54) is 13.2 Å². The lowest BCUT2D eigenvalue weighted by atomic mass is 10.2. The first kappa shape index (κ1) is 10.9. The molecule has 0 radical (unpaired) electrons. The predicted molar refractivity (Wildman–Crippen MR) is 53.9 cm³/mol. The Hall–Kier alpha value is -0.150. The zero-order valence-corrected chi connectivity index (χ0v) is 9.04. The summed E-state index contributed by atoms with van der Waals surface area (Å²) in [6.45, 7) is -0.245. The van der Waals surface area contributed by atoms with Crippen LogP contribution in [-0.2, 0) is 6.61 Å². The summed E-state index contributed by atoms with van der Waals surface area (Å²) in [4.78, 5) is 0. The fraction of sp³-hybridized carbons (Fsp3) is 0.250. The van der Waals surface area contributed by atoms with Crippen molar-refractivity contribution in [3.05, 3.63) is 26.7 Å². The molecule has 1 rings (SSSR count). The van der Waals surface area contributed by atoms with Gasteiger partial charge in [0.25, 0.3) is 0 Å². The average Bonchev–Trinajstić information content (AvgIpc) is 2.04. The van der Waals surface area contributed by atoms with Gasteiger partial charge in [-0.25, -0.2) is 0 Å². The molecule has 0 saturated heterocycles. The zero-order chi connectivity index (χ0) is 10.0. The molecule has 0 heterocycles. The number of aliphatic hydroxyl groups is 1. The topological polar surface area (TPSA) is 29.5 Å². The van der Waals surface area contributed by atoms with Crippen LogP contribution in [0.25, 0.3) is 0 Å². The number of hydrogen-bond donors (Lipinski definition) is 1. The molecule has 0 fully saturated rings. The van der Waals surface area contributed by atoms with Crippen molar-refractivity contribution in [2.75, 3.05) is 7.11 Å². The first-order chi connectivity index (χ1) is 6.11. The molecule has 72 valence electrons. The van der Waals surface area contributed by atoms with Crippen molar-refractivity contribution in [3.8, 4) is 5.75 Å². The SMILES string of the molecule is COc1c(Cl)cc(Cl)c(CO)c1Cl. The molecule has 1 aromatic carbocycles. The Morgan fingerprint density at radius 2 is 1.92 bits per heavy atom. The Balaban J connectivity index is 3.39. The van der Waals surface area contributed by atoms with Crippen LogP contribution in [0.1, 0.15) is 5.56 Å². The minimum absolute atomic E-state index is 0.245. The van der Waals surface area contributed by atoms with Crippen LogP contribution in [-0.4, -0.2) is 12.2 Å². The zero-order valence-electron chi connectivity index (χ0n) is 6.77. The third-order valence-electron chi connectivity index (χ3n) is 1.59. The molecule has 1 N–H and O–H groups in total. The Kier molecular flexibility index (Phi) is 3.68. The summed E-state index contributed by atoms with van der Waals surface area (Å²) in [5.74, 6) is 0.330. The van der Waals surface area contributed by atoms with Crippen molar-refractivity contribution in [2.45, 2.75) is 6.61 Å². The molecule has 13 heavy (non-hydrogen) atoms. The highest BCUT2D eigenvalue weighted by Gasteiger charge is 2.14. The first-order valence-corrected chi connectivity index (χ1v) is 4.56. The van der Waals surface area contributed by atoms with Gasteiger partial charge < -0.3 is 9.84 Å². The van der Waals surface area contributed by atoms with Gasteiger partial charge in [0.15, 0.2) is 5.75 Å². The number of halogens is 3. The van der Waals surface area contributed by atoms with Gasteiger partial charge in [-0.15, -0.1) is 0 Å². The molecular formula is C8H7Cl3O2. The van der Waals surface area contributed by atoms with Crippen molar-refractivity contribution in [1.29, 1.82) is 0 Å². The van der Waals surface area contributed by atoms with Gasteiger partial charge >= 0.3 is 0 Å². The number of methoxy groups -OCH3 is 1. The summed E-state index contributed by atoms with van der Waals surface area (Å²) in [6, 6.07) is 1.49. The van der Waals surface area contributed by atoms with E-state index in [1.54, 1.807) is 0 Å². The molecule has 0 spiro atoms. The van der Waals surface area contributed by atoms with Gasteiger partial charge in [0.2, 0.25) is 0 Å². The molecule has 2 nitrogen and oxygen atoms in total. The van der Waals surface area contributed by atoms with E-state index in [0.29, 0.717) is 21.4 Å². The van der Waals surface area contributed by atoms with Crippen molar-refractivity contribution in [1.82, 2.24) is 0 Å². The summed E-state index contributed by atoms with van der Waals surface area (Å²) in [5.41, 5.74) is 0.421. The normalized spacial score (nSPS) is 10.2. The number of aliphatic hydroxyl groups excluding tert-OH is 1. The Labute approximate surface area is 91.0 Å². The lowest BCUT2D eigenvalue weighted by Crippen LogP contribution is -1.92. The summed E-state index contributed by atoms with van der Waals surface area (Å²) in [5, 5.41) is 9.86. The maximum atomic E-state index is 8.94. The summed E-state index contributed by atoms with van der Waals surface area (Å²) < 4.78 is 4.94. The monoisotopic (exact) mass is 240 g/mol. The molecule has 0 unspecified atom stereocenters. The smallest absolute Gasteiger partial charge is 0.156 e. The van der Waals surface area contributed by atoms with E-state index >= 15 is 0 Å². The van der Waals surface area contributed by atoms with Crippen LogP contribution in [0.2, 0.25) is 15.1 Å². The molecule has 0 aromatic heterocycles. The van der Waals surface area contributed by atoms with Crippen LogP contribution in [0.4, 0.5) is 0 Å². The van der Waals surface area contributed by atoms with Crippen LogP contribution in [0, 0.1) is 0 Å². The molecule has 1 aromatic rings. The summed E-state index contributed by atoms with van der Waals surface area (Å²) >= 11 is 17.4. The van der Waals surface area contributed by atoms with Crippen molar-refractivity contribution in [2.24, 2.45) is 0 Å². The minimum atomic E-state index is -0.245. The van der Waals surface area contributed by atoms with Crippen molar-refractivity contribution >= 4 is 34.8 Å². The molecule has 0 atom stereocenters. The molecule has 0 aliphatic heterocycles. The van der Waals surface area contributed by atoms with E-state index in [-0.39, 0.29) is 11.6 Å². The minimum Gasteiger partial charge on any atom is -0.494 e. The maximum absolute atomic E-state index is 8.94. The average molecular weight is 242 g/mol. The second-order valence-corrected chi connectivity index (χ2v) is 3.52. The number of ether oxygens (including phenoxy) is 1. The lowest BCUT2D eigenvalue weighted by molar-refractivity contribution is 0.281. The van der Waals surface area contributed by atoms with Crippen LogP contribution in [0.3, 0.4) is 0 Å². The predicted octanol–water partition coefficient (Wildman–Crippen LogP) is 3.15. The summed E-state index contributed by atoms with van der Waals surface area (Å²) in [6.07, 6.45) is 0. The molecule has 0 bridgehead atoms. The van der Waals surface area contributed by atoms with Crippen LogP contribution >= 0.6 is 34.8 Å². The molecule has 0 saturated carbocycles. The van der Waals surface area contributed by atoms with Crippen molar-refractivity contribution < 1.29 is 9.84 Å². The number of rotatable bonds is 2. The highest BCUT2D eigenvalue weighted by atomic mass is 35.5. The third kappa shape index (κ3) is 2.02. The van der Waals surface area contributed by atoms with Crippen LogP contribution in [0.15, 0.2) is 6.07 Å². The standard InChI is InChI=1S/C8H7Cl3O2/c1-13-8-6(10)2-5(9)4(3-12)7(8)11/h2,12H,3H2,1H3. The van der Waals surface area contributed by atoms with Crippen LogP contribution < -0.4 is 4.74 Å². The van der Waals surface area contributed by atoms with Gasteiger partial charge in [0, 0.05) is 10.6 Å². The molecule has 0 amide bonds. The van der Waals surface area contributed by atoms with Crippen molar-refractivity contribution in [3.63, 3.8) is 0 Å². The molecule has 5 heteroatoms. The Morgan fingerprint density at radius 3 is 2.38 bits per heavy atom.